The SMILES string of the molecule is CCCCCC(=O)CC=C1CCCC(=O)N1CC#CCCCC(=O)OC. The Balaban J connectivity index is 2.49. The van der Waals surface area contributed by atoms with Crippen LogP contribution in [0.2, 0.25) is 0 Å². The number of ether oxygens (including phenoxy) is 1. The number of methoxy groups -OCH3 is 1. The Morgan fingerprint density at radius 2 is 1.96 bits per heavy atom. The van der Waals surface area contributed by atoms with Gasteiger partial charge in [0.15, 0.2) is 0 Å². The van der Waals surface area contributed by atoms with Gasteiger partial charge in [0.1, 0.15) is 5.78 Å². The second-order valence-corrected chi connectivity index (χ2v) is 6.51. The number of hydrogen-bond acceptors (Lipinski definition) is 4. The molecule has 1 heterocycles. The van der Waals surface area contributed by atoms with Crippen LogP contribution in [0.3, 0.4) is 0 Å². The van der Waals surface area contributed by atoms with Gasteiger partial charge >= 0.3 is 5.97 Å². The molecule has 0 bridgehead atoms. The summed E-state index contributed by atoms with van der Waals surface area (Å²) in [5.74, 6) is 6.10. The molecule has 0 aromatic rings. The molecule has 1 aliphatic rings. The number of amides is 1. The van der Waals surface area contributed by atoms with E-state index < -0.39 is 0 Å². The summed E-state index contributed by atoms with van der Waals surface area (Å²) in [6, 6.07) is 0. The van der Waals surface area contributed by atoms with Gasteiger partial charge in [0.2, 0.25) is 5.91 Å². The molecular weight excluding hydrogens is 330 g/mol. The lowest BCUT2D eigenvalue weighted by Gasteiger charge is -2.28. The van der Waals surface area contributed by atoms with Crippen LogP contribution < -0.4 is 0 Å². The van der Waals surface area contributed by atoms with Gasteiger partial charge in [0.25, 0.3) is 0 Å². The topological polar surface area (TPSA) is 63.7 Å². The van der Waals surface area contributed by atoms with Crippen LogP contribution in [0, 0.1) is 11.8 Å². The van der Waals surface area contributed by atoms with Gasteiger partial charge < -0.3 is 9.64 Å². The molecule has 144 valence electrons. The van der Waals surface area contributed by atoms with Crippen molar-refractivity contribution in [3.8, 4) is 11.8 Å². The molecule has 0 aromatic carbocycles. The number of likely N-dealkylation sites (tertiary alicyclic amines) is 1. The zero-order valence-electron chi connectivity index (χ0n) is 16.1. The third kappa shape index (κ3) is 8.84. The molecule has 1 amide bonds. The summed E-state index contributed by atoms with van der Waals surface area (Å²) in [5, 5.41) is 0. The number of esters is 1. The lowest BCUT2D eigenvalue weighted by atomic mass is 10.0. The number of Topliss-reactive ketones (excluding diaryl/α,β-unsaturated/α-hetero) is 1. The monoisotopic (exact) mass is 361 g/mol. The van der Waals surface area contributed by atoms with Crippen molar-refractivity contribution in [1.29, 1.82) is 0 Å². The molecular formula is C21H31NO4. The minimum atomic E-state index is -0.230. The second-order valence-electron chi connectivity index (χ2n) is 6.51. The van der Waals surface area contributed by atoms with Crippen molar-refractivity contribution < 1.29 is 19.1 Å². The van der Waals surface area contributed by atoms with Gasteiger partial charge in [-0.25, -0.2) is 0 Å². The maximum Gasteiger partial charge on any atom is 0.305 e. The second kappa shape index (κ2) is 13.2. The van der Waals surface area contributed by atoms with Crippen molar-refractivity contribution in [2.75, 3.05) is 13.7 Å². The molecule has 0 saturated carbocycles. The van der Waals surface area contributed by atoms with Crippen molar-refractivity contribution in [3.63, 3.8) is 0 Å². The standard InChI is InChI=1S/C21H31NO4/c1-3-4-7-12-19(23)16-15-18-11-10-13-20(24)22(18)17-9-6-5-8-14-21(25)26-2/h15H,3-5,7-8,10-14,16-17H2,1-2H3. The highest BCUT2D eigenvalue weighted by Gasteiger charge is 2.21. The molecule has 1 fully saturated rings. The van der Waals surface area contributed by atoms with E-state index >= 15 is 0 Å². The number of allylic oxidation sites excluding steroid dienone is 2. The highest BCUT2D eigenvalue weighted by atomic mass is 16.5. The van der Waals surface area contributed by atoms with E-state index in [1.54, 1.807) is 4.90 Å². The molecule has 0 unspecified atom stereocenters. The smallest absolute Gasteiger partial charge is 0.305 e. The molecule has 0 spiro atoms. The summed E-state index contributed by atoms with van der Waals surface area (Å²) in [7, 11) is 1.37. The summed E-state index contributed by atoms with van der Waals surface area (Å²) >= 11 is 0. The van der Waals surface area contributed by atoms with Gasteiger partial charge in [-0.2, -0.15) is 0 Å². The van der Waals surface area contributed by atoms with Crippen LogP contribution >= 0.6 is 0 Å². The van der Waals surface area contributed by atoms with Gasteiger partial charge in [-0.05, 0) is 25.7 Å². The molecule has 0 N–H and O–H groups in total. The van der Waals surface area contributed by atoms with Crippen LogP contribution in [0.5, 0.6) is 0 Å². The van der Waals surface area contributed by atoms with Crippen LogP contribution in [0.25, 0.3) is 0 Å². The van der Waals surface area contributed by atoms with E-state index in [4.69, 9.17) is 0 Å². The molecule has 0 radical (unpaired) electrons. The summed E-state index contributed by atoms with van der Waals surface area (Å²) in [4.78, 5) is 36.9. The average Bonchev–Trinajstić information content (AvgIpc) is 2.64. The molecule has 1 aliphatic heterocycles. The Hall–Kier alpha value is -2.09. The Kier molecular flexibility index (Phi) is 11.1. The van der Waals surface area contributed by atoms with Crippen LogP contribution in [-0.2, 0) is 19.1 Å². The number of nitrogens with zero attached hydrogens (tertiary/aromatic N) is 1. The predicted molar refractivity (Wildman–Crippen MR) is 101 cm³/mol. The largest absolute Gasteiger partial charge is 0.469 e. The van der Waals surface area contributed by atoms with Crippen molar-refractivity contribution >= 4 is 17.7 Å². The number of hydrogen-bond donors (Lipinski definition) is 0. The molecule has 0 aliphatic carbocycles. The number of piperidine rings is 1. The molecule has 1 saturated heterocycles. The molecule has 5 heteroatoms. The van der Waals surface area contributed by atoms with E-state index in [1.807, 2.05) is 6.08 Å². The number of carbonyl (C=O) groups is 3. The zero-order valence-corrected chi connectivity index (χ0v) is 16.1. The van der Waals surface area contributed by atoms with E-state index in [0.29, 0.717) is 45.1 Å². The molecule has 0 aromatic heterocycles. The van der Waals surface area contributed by atoms with E-state index in [-0.39, 0.29) is 17.7 Å². The first kappa shape index (κ1) is 22.0. The fraction of sp³-hybridized carbons (Fsp3) is 0.667. The number of rotatable bonds is 10. The summed E-state index contributed by atoms with van der Waals surface area (Å²) in [5.41, 5.74) is 0.925. The first-order valence-corrected chi connectivity index (χ1v) is 9.62. The summed E-state index contributed by atoms with van der Waals surface area (Å²) < 4.78 is 4.58. The highest BCUT2D eigenvalue weighted by molar-refractivity contribution is 5.81. The van der Waals surface area contributed by atoms with Crippen LogP contribution in [0.4, 0.5) is 0 Å². The van der Waals surface area contributed by atoms with Gasteiger partial charge in [0.05, 0.1) is 13.7 Å². The molecule has 0 atom stereocenters. The van der Waals surface area contributed by atoms with Crippen molar-refractivity contribution in [2.45, 2.75) is 77.6 Å². The number of carbonyl (C=O) groups excluding carboxylic acids is 3. The summed E-state index contributed by atoms with van der Waals surface area (Å²) in [6.45, 7) is 2.47. The average molecular weight is 361 g/mol. The molecule has 5 nitrogen and oxygen atoms in total. The number of unbranched alkanes of at least 4 members (excludes halogenated alkanes) is 3. The third-order valence-electron chi connectivity index (χ3n) is 4.37. The van der Waals surface area contributed by atoms with E-state index in [0.717, 1.165) is 37.8 Å². The normalized spacial score (nSPS) is 15.5. The molecule has 1 rings (SSSR count). The quantitative estimate of drug-likeness (QED) is 0.337. The van der Waals surface area contributed by atoms with Crippen molar-refractivity contribution in [3.05, 3.63) is 11.8 Å². The Bertz CT molecular complexity index is 568. The van der Waals surface area contributed by atoms with E-state index in [2.05, 4.69) is 23.5 Å². The maximum absolute atomic E-state index is 12.2. The fourth-order valence-corrected chi connectivity index (χ4v) is 2.81. The van der Waals surface area contributed by atoms with E-state index in [1.165, 1.54) is 7.11 Å². The highest BCUT2D eigenvalue weighted by Crippen LogP contribution is 2.22. The lowest BCUT2D eigenvalue weighted by Crippen LogP contribution is -2.34. The third-order valence-corrected chi connectivity index (χ3v) is 4.37. The van der Waals surface area contributed by atoms with Crippen LogP contribution in [0.15, 0.2) is 11.8 Å². The summed E-state index contributed by atoms with van der Waals surface area (Å²) in [6.07, 6.45) is 9.85. The minimum Gasteiger partial charge on any atom is -0.469 e. The van der Waals surface area contributed by atoms with Crippen LogP contribution in [0.1, 0.15) is 77.6 Å². The zero-order chi connectivity index (χ0) is 19.2. The van der Waals surface area contributed by atoms with E-state index in [9.17, 15) is 14.4 Å². The van der Waals surface area contributed by atoms with Gasteiger partial charge in [0, 0.05) is 37.8 Å². The predicted octanol–water partition coefficient (Wildman–Crippen LogP) is 3.77. The maximum atomic E-state index is 12.2. The fourth-order valence-electron chi connectivity index (χ4n) is 2.81. The van der Waals surface area contributed by atoms with Crippen LogP contribution in [-0.4, -0.2) is 36.2 Å². The first-order valence-electron chi connectivity index (χ1n) is 9.62. The Morgan fingerprint density at radius 3 is 2.69 bits per heavy atom. The van der Waals surface area contributed by atoms with Gasteiger partial charge in [-0.3, -0.25) is 14.4 Å². The first-order chi connectivity index (χ1) is 12.6. The van der Waals surface area contributed by atoms with Crippen molar-refractivity contribution in [1.82, 2.24) is 4.90 Å². The van der Waals surface area contributed by atoms with Gasteiger partial charge in [-0.1, -0.05) is 31.8 Å². The lowest BCUT2D eigenvalue weighted by molar-refractivity contribution is -0.140. The van der Waals surface area contributed by atoms with Gasteiger partial charge in [-0.15, -0.1) is 5.92 Å². The Morgan fingerprint density at radius 1 is 1.15 bits per heavy atom. The number of ketones is 1. The Labute approximate surface area is 157 Å². The molecule has 26 heavy (non-hydrogen) atoms. The minimum absolute atomic E-state index is 0.0739. The van der Waals surface area contributed by atoms with Crippen molar-refractivity contribution in [2.24, 2.45) is 0 Å².